The van der Waals surface area contributed by atoms with Gasteiger partial charge in [-0.05, 0) is 6.42 Å². The van der Waals surface area contributed by atoms with Gasteiger partial charge in [-0.15, -0.1) is 0 Å². The summed E-state index contributed by atoms with van der Waals surface area (Å²) < 4.78 is 4.95. The number of carbonyl (C=O) groups excluding carboxylic acids is 1. The van der Waals surface area contributed by atoms with Crippen LogP contribution in [0.3, 0.4) is 0 Å². The van der Waals surface area contributed by atoms with Crippen LogP contribution in [-0.4, -0.2) is 12.6 Å². The topological polar surface area (TPSA) is 26.3 Å². The summed E-state index contributed by atoms with van der Waals surface area (Å²) in [5.41, 5.74) is 0. The molecular formula is C20H38O2. The van der Waals surface area contributed by atoms with E-state index in [4.69, 9.17) is 4.74 Å². The number of esters is 1. The summed E-state index contributed by atoms with van der Waals surface area (Å²) in [4.78, 5) is 10.8. The van der Waals surface area contributed by atoms with Crippen molar-refractivity contribution in [2.24, 2.45) is 0 Å². The molecule has 0 N–H and O–H groups in total. The minimum Gasteiger partial charge on any atom is -0.463 e. The maximum absolute atomic E-state index is 10.8. The molecule has 0 fully saturated rings. The first-order chi connectivity index (χ1) is 10.8. The average molecular weight is 311 g/mol. The molecule has 0 saturated heterocycles. The highest BCUT2D eigenvalue weighted by Gasteiger charge is 1.96. The first-order valence-electron chi connectivity index (χ1n) is 9.60. The van der Waals surface area contributed by atoms with Gasteiger partial charge in [-0.1, -0.05) is 103 Å². The maximum Gasteiger partial charge on any atom is 0.330 e. The SMILES string of the molecule is C=CC(=O)OCCCCCCCCCCCCCCCCC. The fourth-order valence-electron chi connectivity index (χ4n) is 2.71. The Morgan fingerprint density at radius 1 is 0.727 bits per heavy atom. The molecule has 2 nitrogen and oxygen atoms in total. The Hall–Kier alpha value is -0.790. The summed E-state index contributed by atoms with van der Waals surface area (Å²) in [6.45, 7) is 6.20. The molecule has 0 aromatic rings. The van der Waals surface area contributed by atoms with Crippen LogP contribution < -0.4 is 0 Å². The molecule has 0 aliphatic carbocycles. The van der Waals surface area contributed by atoms with E-state index in [0.717, 1.165) is 6.42 Å². The van der Waals surface area contributed by atoms with E-state index >= 15 is 0 Å². The Morgan fingerprint density at radius 3 is 1.45 bits per heavy atom. The Kier molecular flexibility index (Phi) is 17.6. The van der Waals surface area contributed by atoms with E-state index in [9.17, 15) is 4.79 Å². The lowest BCUT2D eigenvalue weighted by Crippen LogP contribution is -2.01. The number of rotatable bonds is 17. The predicted molar refractivity (Wildman–Crippen MR) is 96.1 cm³/mol. The van der Waals surface area contributed by atoms with Crippen LogP contribution in [0.1, 0.15) is 103 Å². The van der Waals surface area contributed by atoms with Gasteiger partial charge in [0, 0.05) is 6.08 Å². The van der Waals surface area contributed by atoms with Crippen molar-refractivity contribution in [2.75, 3.05) is 6.61 Å². The number of unbranched alkanes of at least 4 members (excludes halogenated alkanes) is 14. The van der Waals surface area contributed by atoms with Crippen molar-refractivity contribution < 1.29 is 9.53 Å². The molecule has 0 spiro atoms. The second-order valence-corrected chi connectivity index (χ2v) is 6.32. The van der Waals surface area contributed by atoms with Crippen molar-refractivity contribution >= 4 is 5.97 Å². The fraction of sp³-hybridized carbons (Fsp3) is 0.850. The Bertz CT molecular complexity index is 248. The minimum absolute atomic E-state index is 0.301. The van der Waals surface area contributed by atoms with E-state index < -0.39 is 0 Å². The molecule has 22 heavy (non-hydrogen) atoms. The molecule has 0 aliphatic rings. The Morgan fingerprint density at radius 2 is 1.09 bits per heavy atom. The van der Waals surface area contributed by atoms with Crippen LogP contribution in [0.25, 0.3) is 0 Å². The van der Waals surface area contributed by atoms with Gasteiger partial charge >= 0.3 is 5.97 Å². The molecule has 2 heteroatoms. The highest BCUT2D eigenvalue weighted by atomic mass is 16.5. The minimum atomic E-state index is -0.301. The maximum atomic E-state index is 10.8. The molecule has 0 rings (SSSR count). The summed E-state index contributed by atoms with van der Waals surface area (Å²) in [5.74, 6) is -0.301. The van der Waals surface area contributed by atoms with Gasteiger partial charge in [0.25, 0.3) is 0 Å². The zero-order chi connectivity index (χ0) is 16.3. The summed E-state index contributed by atoms with van der Waals surface area (Å²) in [7, 11) is 0. The van der Waals surface area contributed by atoms with Gasteiger partial charge in [0.1, 0.15) is 0 Å². The molecule has 0 heterocycles. The third kappa shape index (κ3) is 17.3. The standard InChI is InChI=1S/C20H38O2/c1-3-5-6-7-8-9-10-11-12-13-14-15-16-17-18-19-22-20(21)4-2/h4H,2-3,5-19H2,1H3. The molecule has 0 radical (unpaired) electrons. The third-order valence-electron chi connectivity index (χ3n) is 4.16. The van der Waals surface area contributed by atoms with E-state index in [1.807, 2.05) is 0 Å². The second kappa shape index (κ2) is 18.3. The highest BCUT2D eigenvalue weighted by molar-refractivity contribution is 5.81. The number of hydrogen-bond donors (Lipinski definition) is 0. The molecule has 0 aliphatic heterocycles. The van der Waals surface area contributed by atoms with Crippen LogP contribution in [0.5, 0.6) is 0 Å². The lowest BCUT2D eigenvalue weighted by molar-refractivity contribution is -0.137. The van der Waals surface area contributed by atoms with E-state index in [1.165, 1.54) is 96.0 Å². The van der Waals surface area contributed by atoms with E-state index in [1.54, 1.807) is 0 Å². The fourth-order valence-corrected chi connectivity index (χ4v) is 2.71. The van der Waals surface area contributed by atoms with Crippen LogP contribution in [-0.2, 0) is 9.53 Å². The van der Waals surface area contributed by atoms with Crippen molar-refractivity contribution in [1.29, 1.82) is 0 Å². The highest BCUT2D eigenvalue weighted by Crippen LogP contribution is 2.13. The molecule has 130 valence electrons. The first kappa shape index (κ1) is 21.2. The van der Waals surface area contributed by atoms with Crippen molar-refractivity contribution in [3.8, 4) is 0 Å². The molecule has 0 unspecified atom stereocenters. The van der Waals surface area contributed by atoms with Crippen molar-refractivity contribution in [3.63, 3.8) is 0 Å². The average Bonchev–Trinajstić information content (AvgIpc) is 2.54. The molecular weight excluding hydrogens is 272 g/mol. The van der Waals surface area contributed by atoms with Gasteiger partial charge in [0.15, 0.2) is 0 Å². The molecule has 0 saturated carbocycles. The summed E-state index contributed by atoms with van der Waals surface area (Å²) in [6.07, 6.45) is 21.5. The van der Waals surface area contributed by atoms with Gasteiger partial charge < -0.3 is 4.74 Å². The summed E-state index contributed by atoms with van der Waals surface area (Å²) >= 11 is 0. The second-order valence-electron chi connectivity index (χ2n) is 6.32. The van der Waals surface area contributed by atoms with E-state index in [-0.39, 0.29) is 5.97 Å². The smallest absolute Gasteiger partial charge is 0.330 e. The van der Waals surface area contributed by atoms with Crippen LogP contribution in [0.4, 0.5) is 0 Å². The van der Waals surface area contributed by atoms with E-state index in [0.29, 0.717) is 6.61 Å². The summed E-state index contributed by atoms with van der Waals surface area (Å²) in [5, 5.41) is 0. The molecule has 0 aromatic carbocycles. The zero-order valence-electron chi connectivity index (χ0n) is 14.9. The number of ether oxygens (including phenoxy) is 1. The monoisotopic (exact) mass is 310 g/mol. The molecule has 0 atom stereocenters. The lowest BCUT2D eigenvalue weighted by atomic mass is 10.0. The Balaban J connectivity index is 2.99. The lowest BCUT2D eigenvalue weighted by Gasteiger charge is -2.04. The number of hydrogen-bond acceptors (Lipinski definition) is 2. The normalized spacial score (nSPS) is 10.6. The van der Waals surface area contributed by atoms with Crippen molar-refractivity contribution in [1.82, 2.24) is 0 Å². The van der Waals surface area contributed by atoms with E-state index in [2.05, 4.69) is 13.5 Å². The zero-order valence-corrected chi connectivity index (χ0v) is 14.9. The quantitative estimate of drug-likeness (QED) is 0.172. The van der Waals surface area contributed by atoms with Gasteiger partial charge in [-0.2, -0.15) is 0 Å². The van der Waals surface area contributed by atoms with Crippen LogP contribution in [0.2, 0.25) is 0 Å². The molecule has 0 amide bonds. The number of carbonyl (C=O) groups is 1. The van der Waals surface area contributed by atoms with Gasteiger partial charge in [-0.3, -0.25) is 0 Å². The van der Waals surface area contributed by atoms with Crippen molar-refractivity contribution in [2.45, 2.75) is 103 Å². The largest absolute Gasteiger partial charge is 0.463 e. The van der Waals surface area contributed by atoms with Gasteiger partial charge in [0.2, 0.25) is 0 Å². The third-order valence-corrected chi connectivity index (χ3v) is 4.16. The van der Waals surface area contributed by atoms with Gasteiger partial charge in [0.05, 0.1) is 6.61 Å². The van der Waals surface area contributed by atoms with Crippen LogP contribution in [0.15, 0.2) is 12.7 Å². The first-order valence-corrected chi connectivity index (χ1v) is 9.60. The predicted octanol–water partition coefficient (Wildman–Crippen LogP) is 6.59. The Labute approximate surface area is 138 Å². The molecule has 0 aromatic heterocycles. The summed E-state index contributed by atoms with van der Waals surface area (Å²) in [6, 6.07) is 0. The van der Waals surface area contributed by atoms with Crippen LogP contribution >= 0.6 is 0 Å². The van der Waals surface area contributed by atoms with Gasteiger partial charge in [-0.25, -0.2) is 4.79 Å². The molecule has 0 bridgehead atoms. The van der Waals surface area contributed by atoms with Crippen molar-refractivity contribution in [3.05, 3.63) is 12.7 Å². The van der Waals surface area contributed by atoms with Crippen LogP contribution in [0, 0.1) is 0 Å².